The average Bonchev–Trinajstić information content (AvgIpc) is 2.87. The van der Waals surface area contributed by atoms with Crippen LogP contribution in [0.25, 0.3) is 0 Å². The Balaban J connectivity index is 1.69. The lowest BCUT2D eigenvalue weighted by Gasteiger charge is -2.12. The highest BCUT2D eigenvalue weighted by atomic mass is 16.5. The maximum atomic E-state index is 10.4. The number of nitroso groups, excluding NO2 is 1. The summed E-state index contributed by atoms with van der Waals surface area (Å²) in [6.45, 7) is 0.455. The van der Waals surface area contributed by atoms with Gasteiger partial charge in [0.2, 0.25) is 0 Å². The molecule has 0 saturated carbocycles. The van der Waals surface area contributed by atoms with Gasteiger partial charge in [-0.1, -0.05) is 0 Å². The highest BCUT2D eigenvalue weighted by Crippen LogP contribution is 2.08. The lowest BCUT2D eigenvalue weighted by atomic mass is 10.8. The standard InChI is InChI=1S/C2H11N10O2/c13-11-10-9-8-7-6-5-4-3-2-1-12(2)14/h2H,1H2,(H4,3,5,7,9,11)(H4,4,6,8,10,13)/q-1. The zero-order valence-electron chi connectivity index (χ0n) is 7.00. The first-order chi connectivity index (χ1) is 6.84. The minimum absolute atomic E-state index is 0.198. The molecular formula is C2H11N10O2-. The molecule has 0 spiro atoms. The van der Waals surface area contributed by atoms with E-state index in [1.165, 1.54) is 0 Å². The van der Waals surface area contributed by atoms with Gasteiger partial charge in [-0.15, -0.1) is 10.4 Å². The first-order valence-corrected chi connectivity index (χ1v) is 3.61. The second kappa shape index (κ2) is 6.49. The van der Waals surface area contributed by atoms with Gasteiger partial charge >= 0.3 is 0 Å². The van der Waals surface area contributed by atoms with Crippen LogP contribution in [0.2, 0.25) is 0 Å². The molecule has 8 N–H and O–H groups in total. The van der Waals surface area contributed by atoms with Crippen molar-refractivity contribution in [1.29, 1.82) is 0 Å². The Hall–Kier alpha value is -0.960. The summed E-state index contributed by atoms with van der Waals surface area (Å²) in [4.78, 5) is 9.47. The van der Waals surface area contributed by atoms with E-state index in [0.29, 0.717) is 6.54 Å². The van der Waals surface area contributed by atoms with E-state index in [4.69, 9.17) is 0 Å². The van der Waals surface area contributed by atoms with Crippen LogP contribution in [0.5, 0.6) is 0 Å². The number of hydrazine groups is 7. The van der Waals surface area contributed by atoms with E-state index in [1.54, 1.807) is 0 Å². The Bertz CT molecular complexity index is 164. The smallest absolute Gasteiger partial charge is 0.0750 e. The molecule has 12 nitrogen and oxygen atoms in total. The molecule has 82 valence electrons. The summed E-state index contributed by atoms with van der Waals surface area (Å²) in [6.07, 6.45) is -0.198. The van der Waals surface area contributed by atoms with Gasteiger partial charge < -0.3 is 10.3 Å². The lowest BCUT2D eigenvalue weighted by molar-refractivity contribution is 0.251. The Kier molecular flexibility index (Phi) is 5.15. The monoisotopic (exact) mass is 207 g/mol. The molecule has 0 aliphatic carbocycles. The molecule has 0 radical (unpaired) electrons. The summed E-state index contributed by atoms with van der Waals surface area (Å²) >= 11 is 0. The third kappa shape index (κ3) is 4.92. The largest absolute Gasteiger partial charge is 0.784 e. The zero-order valence-corrected chi connectivity index (χ0v) is 7.00. The number of hydroxylamine groups is 2. The minimum atomic E-state index is -0.198. The molecular weight excluding hydrogens is 196 g/mol. The van der Waals surface area contributed by atoms with E-state index < -0.39 is 0 Å². The van der Waals surface area contributed by atoms with Crippen LogP contribution in [-0.2, 0) is 0 Å². The van der Waals surface area contributed by atoms with E-state index in [9.17, 15) is 10.1 Å². The highest BCUT2D eigenvalue weighted by molar-refractivity contribution is 4.85. The Morgan fingerprint density at radius 3 is 2.29 bits per heavy atom. The maximum absolute atomic E-state index is 10.4. The van der Waals surface area contributed by atoms with Crippen molar-refractivity contribution in [2.75, 3.05) is 6.54 Å². The van der Waals surface area contributed by atoms with Crippen molar-refractivity contribution in [1.82, 2.24) is 49.2 Å². The summed E-state index contributed by atoms with van der Waals surface area (Å²) < 4.78 is 0. The van der Waals surface area contributed by atoms with Crippen molar-refractivity contribution in [2.24, 2.45) is 5.29 Å². The summed E-state index contributed by atoms with van der Waals surface area (Å²) in [5.41, 5.74) is 18.6. The van der Waals surface area contributed by atoms with Crippen molar-refractivity contribution in [3.63, 3.8) is 0 Å². The SMILES string of the molecule is O=NNNNNNNNNC1CN1[O-]. The quantitative estimate of drug-likeness (QED) is 0.0806. The molecule has 1 fully saturated rings. The third-order valence-corrected chi connectivity index (χ3v) is 1.22. The average molecular weight is 207 g/mol. The third-order valence-electron chi connectivity index (χ3n) is 1.22. The molecule has 0 aromatic heterocycles. The van der Waals surface area contributed by atoms with Crippen LogP contribution in [0.4, 0.5) is 0 Å². The van der Waals surface area contributed by atoms with Crippen LogP contribution in [0.15, 0.2) is 5.29 Å². The fourth-order valence-corrected chi connectivity index (χ4v) is 0.536. The van der Waals surface area contributed by atoms with Crippen molar-refractivity contribution >= 4 is 0 Å². The topological polar surface area (TPSA) is 152 Å². The van der Waals surface area contributed by atoms with E-state index in [1.807, 2.05) is 5.53 Å². The van der Waals surface area contributed by atoms with Gasteiger partial charge in [0.15, 0.2) is 0 Å². The molecule has 1 aliphatic rings. The molecule has 0 amide bonds. The molecule has 12 heteroatoms. The van der Waals surface area contributed by atoms with Crippen LogP contribution in [0.3, 0.4) is 0 Å². The first-order valence-electron chi connectivity index (χ1n) is 3.61. The second-order valence-corrected chi connectivity index (χ2v) is 2.21. The molecule has 2 unspecified atom stereocenters. The molecule has 0 aromatic carbocycles. The van der Waals surface area contributed by atoms with Crippen LogP contribution < -0.4 is 44.2 Å². The molecule has 1 heterocycles. The molecule has 1 saturated heterocycles. The predicted octanol–water partition coefficient (Wildman–Crippen LogP) is -4.07. The van der Waals surface area contributed by atoms with E-state index in [0.717, 1.165) is 5.06 Å². The highest BCUT2D eigenvalue weighted by Gasteiger charge is 2.23. The van der Waals surface area contributed by atoms with Crippen molar-refractivity contribution in [3.05, 3.63) is 10.1 Å². The lowest BCUT2D eigenvalue weighted by Crippen LogP contribution is -2.62. The summed E-state index contributed by atoms with van der Waals surface area (Å²) in [6, 6.07) is 0. The normalized spacial score (nSPS) is 24.6. The molecule has 1 aliphatic heterocycles. The van der Waals surface area contributed by atoms with Crippen molar-refractivity contribution in [2.45, 2.75) is 6.17 Å². The van der Waals surface area contributed by atoms with Crippen LogP contribution in [0, 0.1) is 10.1 Å². The van der Waals surface area contributed by atoms with Gasteiger partial charge in [0.25, 0.3) is 0 Å². The van der Waals surface area contributed by atoms with E-state index in [-0.39, 0.29) is 6.17 Å². The van der Waals surface area contributed by atoms with Gasteiger partial charge in [0.1, 0.15) is 0 Å². The van der Waals surface area contributed by atoms with E-state index >= 15 is 0 Å². The van der Waals surface area contributed by atoms with Crippen molar-refractivity contribution in [3.8, 4) is 0 Å². The Morgan fingerprint density at radius 1 is 1.14 bits per heavy atom. The molecule has 1 rings (SSSR count). The molecule has 0 bridgehead atoms. The summed E-state index contributed by atoms with van der Waals surface area (Å²) in [5, 5.41) is 13.5. The number of nitrogens with one attached hydrogen (secondary N) is 8. The number of hydrogen-bond acceptors (Lipinski definition) is 11. The number of hydrogen-bond donors (Lipinski definition) is 8. The number of nitrogens with zero attached hydrogens (tertiary/aromatic N) is 2. The van der Waals surface area contributed by atoms with Crippen LogP contribution in [-0.4, -0.2) is 17.8 Å². The Morgan fingerprint density at radius 2 is 1.71 bits per heavy atom. The van der Waals surface area contributed by atoms with Gasteiger partial charge in [-0.25, -0.2) is 5.43 Å². The molecule has 14 heavy (non-hydrogen) atoms. The van der Waals surface area contributed by atoms with Gasteiger partial charge in [-0.3, -0.25) is 0 Å². The maximum Gasteiger partial charge on any atom is 0.0750 e. The van der Waals surface area contributed by atoms with Crippen molar-refractivity contribution < 1.29 is 0 Å². The fraction of sp³-hybridized carbons (Fsp3) is 1.00. The van der Waals surface area contributed by atoms with Gasteiger partial charge in [-0.2, -0.15) is 33.2 Å². The molecule has 2 atom stereocenters. The van der Waals surface area contributed by atoms with Gasteiger partial charge in [-0.05, 0) is 0 Å². The minimum Gasteiger partial charge on any atom is -0.784 e. The fourth-order valence-electron chi connectivity index (χ4n) is 0.536. The zero-order chi connectivity index (χ0) is 10.2. The second-order valence-electron chi connectivity index (χ2n) is 2.21. The van der Waals surface area contributed by atoms with Crippen LogP contribution >= 0.6 is 0 Å². The number of rotatable bonds is 9. The van der Waals surface area contributed by atoms with Gasteiger partial charge in [0, 0.05) is 6.54 Å². The predicted molar refractivity (Wildman–Crippen MR) is 44.7 cm³/mol. The summed E-state index contributed by atoms with van der Waals surface area (Å²) in [7, 11) is 0. The van der Waals surface area contributed by atoms with E-state index in [2.05, 4.69) is 43.9 Å². The van der Waals surface area contributed by atoms with Gasteiger partial charge in [0.05, 0.1) is 11.5 Å². The summed E-state index contributed by atoms with van der Waals surface area (Å²) in [5.74, 6) is 0. The van der Waals surface area contributed by atoms with Crippen LogP contribution in [0.1, 0.15) is 0 Å². The molecule has 0 aromatic rings. The Labute approximate surface area is 78.5 Å². The first kappa shape index (κ1) is 11.1.